The summed E-state index contributed by atoms with van der Waals surface area (Å²) in [6.07, 6.45) is 3.99. The Labute approximate surface area is 153 Å². The van der Waals surface area contributed by atoms with Crippen molar-refractivity contribution >= 4 is 0 Å². The van der Waals surface area contributed by atoms with Crippen LogP contribution >= 0.6 is 0 Å². The number of rotatable bonds is 7. The predicted molar refractivity (Wildman–Crippen MR) is 107 cm³/mol. The molecule has 0 aromatic heterocycles. The molecule has 1 atom stereocenters. The minimum atomic E-state index is 0.761. The molecule has 2 heteroatoms. The fourth-order valence-electron chi connectivity index (χ4n) is 3.94. The van der Waals surface area contributed by atoms with Crippen LogP contribution in [0.25, 0.3) is 0 Å². The van der Waals surface area contributed by atoms with Gasteiger partial charge in [-0.1, -0.05) is 54.1 Å². The molecule has 3 rings (SSSR count). The summed E-state index contributed by atoms with van der Waals surface area (Å²) in [6, 6.07) is 18.5. The molecule has 1 saturated heterocycles. The molecule has 0 bridgehead atoms. The first-order valence-electron chi connectivity index (χ1n) is 9.64. The highest BCUT2D eigenvalue weighted by atomic mass is 15.2. The maximum absolute atomic E-state index is 2.63. The molecule has 1 unspecified atom stereocenters. The Morgan fingerprint density at radius 1 is 1.04 bits per heavy atom. The maximum Gasteiger partial charge on any atom is 0.0240 e. The zero-order valence-electron chi connectivity index (χ0n) is 16.0. The lowest BCUT2D eigenvalue weighted by atomic mass is 10.0. The molecule has 0 aliphatic carbocycles. The number of hydrogen-bond donors (Lipinski definition) is 0. The summed E-state index contributed by atoms with van der Waals surface area (Å²) in [5, 5.41) is 0. The minimum Gasteiger partial charge on any atom is -0.303 e. The number of hydrogen-bond acceptors (Lipinski definition) is 2. The van der Waals surface area contributed by atoms with Crippen LogP contribution < -0.4 is 0 Å². The number of aryl methyl sites for hydroxylation is 2. The second kappa shape index (κ2) is 8.64. The van der Waals surface area contributed by atoms with Gasteiger partial charge in [-0.2, -0.15) is 0 Å². The van der Waals surface area contributed by atoms with Gasteiger partial charge in [-0.3, -0.25) is 4.90 Å². The summed E-state index contributed by atoms with van der Waals surface area (Å²) in [6.45, 7) is 8.93. The third kappa shape index (κ3) is 5.17. The highest BCUT2D eigenvalue weighted by Gasteiger charge is 2.21. The number of benzene rings is 2. The van der Waals surface area contributed by atoms with Crippen molar-refractivity contribution < 1.29 is 0 Å². The standard InChI is InChI=1S/C23H32N2/c1-19-11-12-20(2)22(16-19)18-25(17-21-8-5-4-6-9-21)15-13-23-10-7-14-24(23)3/h4-6,8-9,11-12,16,23H,7,10,13-15,17-18H2,1-3H3. The van der Waals surface area contributed by atoms with Gasteiger partial charge in [0.2, 0.25) is 0 Å². The largest absolute Gasteiger partial charge is 0.303 e. The molecule has 134 valence electrons. The highest BCUT2D eigenvalue weighted by Crippen LogP contribution is 2.20. The summed E-state index contributed by atoms with van der Waals surface area (Å²) < 4.78 is 0. The first-order valence-corrected chi connectivity index (χ1v) is 9.64. The van der Waals surface area contributed by atoms with Gasteiger partial charge in [0.15, 0.2) is 0 Å². The lowest BCUT2D eigenvalue weighted by Crippen LogP contribution is -2.31. The molecule has 2 aromatic carbocycles. The molecular formula is C23H32N2. The van der Waals surface area contributed by atoms with E-state index in [1.54, 1.807) is 0 Å². The summed E-state index contributed by atoms with van der Waals surface area (Å²) in [7, 11) is 2.28. The molecule has 0 amide bonds. The van der Waals surface area contributed by atoms with E-state index in [0.29, 0.717) is 0 Å². The maximum atomic E-state index is 2.63. The third-order valence-electron chi connectivity index (χ3n) is 5.60. The van der Waals surface area contributed by atoms with Crippen LogP contribution in [-0.2, 0) is 13.1 Å². The summed E-state index contributed by atoms with van der Waals surface area (Å²) in [5.74, 6) is 0. The van der Waals surface area contributed by atoms with E-state index in [4.69, 9.17) is 0 Å². The van der Waals surface area contributed by atoms with Crippen molar-refractivity contribution in [3.8, 4) is 0 Å². The van der Waals surface area contributed by atoms with Gasteiger partial charge in [0.25, 0.3) is 0 Å². The normalized spacial score (nSPS) is 18.2. The van der Waals surface area contributed by atoms with Gasteiger partial charge in [0.1, 0.15) is 0 Å². The van der Waals surface area contributed by atoms with Crippen molar-refractivity contribution in [3.63, 3.8) is 0 Å². The van der Waals surface area contributed by atoms with Crippen molar-refractivity contribution in [2.75, 3.05) is 20.1 Å². The van der Waals surface area contributed by atoms with Crippen LogP contribution in [0.4, 0.5) is 0 Å². The van der Waals surface area contributed by atoms with E-state index in [9.17, 15) is 0 Å². The Balaban J connectivity index is 1.70. The lowest BCUT2D eigenvalue weighted by Gasteiger charge is -2.27. The van der Waals surface area contributed by atoms with Crippen LogP contribution in [0.2, 0.25) is 0 Å². The molecule has 1 aliphatic rings. The van der Waals surface area contributed by atoms with Crippen LogP contribution in [-0.4, -0.2) is 36.0 Å². The number of nitrogens with zero attached hydrogens (tertiary/aromatic N) is 2. The number of likely N-dealkylation sites (tertiary alicyclic amines) is 1. The van der Waals surface area contributed by atoms with Crippen molar-refractivity contribution in [2.45, 2.75) is 52.2 Å². The van der Waals surface area contributed by atoms with Gasteiger partial charge in [0.05, 0.1) is 0 Å². The SMILES string of the molecule is Cc1ccc(C)c(CN(CCC2CCCN2C)Cc2ccccc2)c1. The second-order valence-electron chi connectivity index (χ2n) is 7.69. The monoisotopic (exact) mass is 336 g/mol. The molecule has 0 saturated carbocycles. The van der Waals surface area contributed by atoms with E-state index in [0.717, 1.165) is 25.7 Å². The molecule has 1 heterocycles. The van der Waals surface area contributed by atoms with Crippen molar-refractivity contribution in [2.24, 2.45) is 0 Å². The first-order chi connectivity index (χ1) is 12.1. The fraction of sp³-hybridized carbons (Fsp3) is 0.478. The van der Waals surface area contributed by atoms with Gasteiger partial charge in [-0.15, -0.1) is 0 Å². The fourth-order valence-corrected chi connectivity index (χ4v) is 3.94. The topological polar surface area (TPSA) is 6.48 Å². The molecule has 0 radical (unpaired) electrons. The molecule has 2 nitrogen and oxygen atoms in total. The van der Waals surface area contributed by atoms with Crippen LogP contribution in [0.3, 0.4) is 0 Å². The van der Waals surface area contributed by atoms with Crippen LogP contribution in [0, 0.1) is 13.8 Å². The summed E-state index contributed by atoms with van der Waals surface area (Å²) in [4.78, 5) is 5.17. The Bertz CT molecular complexity index is 665. The Morgan fingerprint density at radius 2 is 1.84 bits per heavy atom. The van der Waals surface area contributed by atoms with Crippen molar-refractivity contribution in [1.29, 1.82) is 0 Å². The van der Waals surface area contributed by atoms with E-state index in [-0.39, 0.29) is 0 Å². The van der Waals surface area contributed by atoms with E-state index in [1.165, 1.54) is 48.1 Å². The Morgan fingerprint density at radius 3 is 2.56 bits per heavy atom. The summed E-state index contributed by atoms with van der Waals surface area (Å²) >= 11 is 0. The Kier molecular flexibility index (Phi) is 6.28. The highest BCUT2D eigenvalue weighted by molar-refractivity contribution is 5.30. The molecule has 25 heavy (non-hydrogen) atoms. The summed E-state index contributed by atoms with van der Waals surface area (Å²) in [5.41, 5.74) is 5.64. The first kappa shape index (κ1) is 18.2. The van der Waals surface area contributed by atoms with E-state index < -0.39 is 0 Å². The molecular weight excluding hydrogens is 304 g/mol. The van der Waals surface area contributed by atoms with E-state index in [2.05, 4.69) is 79.2 Å². The van der Waals surface area contributed by atoms with Crippen LogP contribution in [0.15, 0.2) is 48.5 Å². The predicted octanol–water partition coefficient (Wildman–Crippen LogP) is 4.79. The van der Waals surface area contributed by atoms with Gasteiger partial charge in [-0.05, 0) is 63.4 Å². The van der Waals surface area contributed by atoms with E-state index in [1.807, 2.05) is 0 Å². The molecule has 0 N–H and O–H groups in total. The van der Waals surface area contributed by atoms with Gasteiger partial charge in [-0.25, -0.2) is 0 Å². The van der Waals surface area contributed by atoms with E-state index >= 15 is 0 Å². The lowest BCUT2D eigenvalue weighted by molar-refractivity contribution is 0.211. The Hall–Kier alpha value is -1.64. The molecule has 2 aromatic rings. The average molecular weight is 337 g/mol. The molecule has 1 fully saturated rings. The van der Waals surface area contributed by atoms with Gasteiger partial charge < -0.3 is 4.90 Å². The van der Waals surface area contributed by atoms with Crippen molar-refractivity contribution in [3.05, 3.63) is 70.8 Å². The van der Waals surface area contributed by atoms with Crippen molar-refractivity contribution in [1.82, 2.24) is 9.80 Å². The van der Waals surface area contributed by atoms with Gasteiger partial charge >= 0.3 is 0 Å². The minimum absolute atomic E-state index is 0.761. The average Bonchev–Trinajstić information content (AvgIpc) is 3.02. The molecule has 0 spiro atoms. The van der Waals surface area contributed by atoms with Crippen LogP contribution in [0.5, 0.6) is 0 Å². The molecule has 1 aliphatic heterocycles. The van der Waals surface area contributed by atoms with Crippen LogP contribution in [0.1, 0.15) is 41.5 Å². The smallest absolute Gasteiger partial charge is 0.0240 e. The third-order valence-corrected chi connectivity index (χ3v) is 5.60. The quantitative estimate of drug-likeness (QED) is 0.717. The zero-order valence-corrected chi connectivity index (χ0v) is 16.0. The van der Waals surface area contributed by atoms with Gasteiger partial charge in [0, 0.05) is 25.7 Å². The second-order valence-corrected chi connectivity index (χ2v) is 7.69. The zero-order chi connectivity index (χ0) is 17.6.